The summed E-state index contributed by atoms with van der Waals surface area (Å²) in [5, 5.41) is 32.5. The van der Waals surface area contributed by atoms with Crippen LogP contribution in [-0.4, -0.2) is 91.2 Å². The first-order valence-electron chi connectivity index (χ1n) is 21.4. The number of pyridine rings is 1. The van der Waals surface area contributed by atoms with Crippen molar-refractivity contribution < 1.29 is 38.6 Å². The zero-order chi connectivity index (χ0) is 49.8. The predicted molar refractivity (Wildman–Crippen MR) is 264 cm³/mol. The van der Waals surface area contributed by atoms with Gasteiger partial charge in [0.05, 0.1) is 36.5 Å². The third-order valence-corrected chi connectivity index (χ3v) is 15.6. The molecule has 0 radical (unpaired) electrons. The standard InChI is InChI=1S/C45H44N12O8S5/c1-19(2)31-45-57-34(28(70-45)15-65-5)39(63)48-14-30(59)54-35(36(60)21-9-7-6-8-10-21)44-53-27(18-68-44)42-51-25(16-67-42)33-22(11-12-23(49-33)37(46)61)41-52-26(17-66-41)38(62)50-24(13-29(58)47-4)43-56-32(20(3)69-43)40(64)55-31/h6-12,16-19,24,31,35-36,60H,13-15H2,1-5H3,(H2,46,61)(H,47,58)(H,48,63)(H,50,62)(H,54,59)(H,55,64)/t24-,31-,35-,36-/m0/s1. The van der Waals surface area contributed by atoms with Crippen LogP contribution in [0.15, 0.2) is 58.6 Å². The van der Waals surface area contributed by atoms with E-state index >= 15 is 0 Å². The third kappa shape index (κ3) is 10.8. The lowest BCUT2D eigenvalue weighted by molar-refractivity contribution is -0.122. The summed E-state index contributed by atoms with van der Waals surface area (Å²) in [5.41, 5.74) is 7.65. The number of rotatable bonds is 8. The number of thiazole rings is 5. The Hall–Kier alpha value is -6.74. The highest BCUT2D eigenvalue weighted by Gasteiger charge is 2.32. The number of carbonyl (C=O) groups excluding carboxylic acids is 6. The fourth-order valence-corrected chi connectivity index (χ4v) is 12.0. The maximum Gasteiger partial charge on any atom is 0.271 e. The van der Waals surface area contributed by atoms with Gasteiger partial charge in [-0.3, -0.25) is 28.8 Å². The monoisotopic (exact) mass is 1040 g/mol. The van der Waals surface area contributed by atoms with Gasteiger partial charge in [0.1, 0.15) is 77.0 Å². The van der Waals surface area contributed by atoms with Crippen LogP contribution in [0, 0.1) is 12.8 Å². The molecule has 8 N–H and O–H groups in total. The van der Waals surface area contributed by atoms with Crippen LogP contribution in [0.4, 0.5) is 0 Å². The lowest BCUT2D eigenvalue weighted by Crippen LogP contribution is -2.40. The molecule has 25 heteroatoms. The molecule has 6 amide bonds. The van der Waals surface area contributed by atoms with Crippen LogP contribution in [0.5, 0.6) is 0 Å². The number of aliphatic hydroxyl groups is 1. The molecule has 20 nitrogen and oxygen atoms in total. The number of methoxy groups -OCH3 is 1. The molecule has 10 bridgehead atoms. The summed E-state index contributed by atoms with van der Waals surface area (Å²) >= 11 is 5.85. The fourth-order valence-electron chi connectivity index (χ4n) is 7.21. The number of aliphatic hydroxyl groups excluding tert-OH is 1. The molecule has 8 rings (SSSR count). The topological polar surface area (TPSA) is 295 Å². The smallest absolute Gasteiger partial charge is 0.271 e. The second kappa shape index (κ2) is 21.5. The Morgan fingerprint density at radius 1 is 0.771 bits per heavy atom. The zero-order valence-corrected chi connectivity index (χ0v) is 42.0. The third-order valence-electron chi connectivity index (χ3n) is 10.8. The van der Waals surface area contributed by atoms with Crippen molar-refractivity contribution in [1.82, 2.24) is 56.5 Å². The quantitative estimate of drug-likeness (QED) is 0.102. The van der Waals surface area contributed by atoms with Gasteiger partial charge in [0.2, 0.25) is 11.8 Å². The van der Waals surface area contributed by atoms with Crippen LogP contribution in [0.2, 0.25) is 0 Å². The summed E-state index contributed by atoms with van der Waals surface area (Å²) in [7, 11) is 2.93. The minimum absolute atomic E-state index is 0.00239. The maximum atomic E-state index is 14.1. The van der Waals surface area contributed by atoms with Crippen molar-refractivity contribution in [1.29, 1.82) is 0 Å². The summed E-state index contributed by atoms with van der Waals surface area (Å²) < 4.78 is 5.42. The van der Waals surface area contributed by atoms with E-state index < -0.39 is 66.2 Å². The number of aromatic nitrogens is 6. The molecule has 1 aliphatic heterocycles. The normalized spacial score (nSPS) is 17.2. The number of aryl methyl sites for hydroxylation is 1. The molecular weight excluding hydrogens is 997 g/mol. The van der Waals surface area contributed by atoms with Crippen molar-refractivity contribution in [3.63, 3.8) is 0 Å². The number of amides is 6. The number of nitrogens with two attached hydrogens (primary N) is 1. The first-order valence-corrected chi connectivity index (χ1v) is 25.7. The minimum atomic E-state index is -1.26. The molecule has 1 aromatic carbocycles. The lowest BCUT2D eigenvalue weighted by atomic mass is 10.0. The van der Waals surface area contributed by atoms with E-state index in [0.717, 1.165) is 22.7 Å². The van der Waals surface area contributed by atoms with Crippen LogP contribution >= 0.6 is 56.7 Å². The fraction of sp³-hybridized carbons (Fsp3) is 0.289. The number of primary amides is 1. The van der Waals surface area contributed by atoms with Crippen LogP contribution in [0.25, 0.3) is 32.7 Å². The van der Waals surface area contributed by atoms with E-state index in [-0.39, 0.29) is 47.4 Å². The highest BCUT2D eigenvalue weighted by molar-refractivity contribution is 7.15. The van der Waals surface area contributed by atoms with Crippen LogP contribution < -0.4 is 32.3 Å². The SMILES string of the molecule is CNC(=O)C[C@@H]1NC(=O)c2csc(n2)-c2ccc(C(N)=O)nc2-c2csc(n2)-c2csc(n2)[C@H]([C@@H](O)c2ccccc2)NC(=O)CNC(=O)c2nc(sc2COC)[C@H](C(C)C)NC(=O)c2nc1sc2C. The first-order chi connectivity index (χ1) is 33.6. The van der Waals surface area contributed by atoms with Crippen molar-refractivity contribution >= 4 is 92.1 Å². The molecule has 0 fully saturated rings. The summed E-state index contributed by atoms with van der Waals surface area (Å²) in [6, 6.07) is 9.04. The molecule has 0 unspecified atom stereocenters. The lowest BCUT2D eigenvalue weighted by Gasteiger charge is -2.23. The van der Waals surface area contributed by atoms with Crippen LogP contribution in [0.1, 0.15) is 117 Å². The second-order valence-electron chi connectivity index (χ2n) is 16.0. The first kappa shape index (κ1) is 49.7. The highest BCUT2D eigenvalue weighted by Crippen LogP contribution is 2.38. The van der Waals surface area contributed by atoms with Crippen LogP contribution in [0.3, 0.4) is 0 Å². The number of nitrogens with one attached hydrogen (secondary N) is 5. The van der Waals surface area contributed by atoms with Crippen LogP contribution in [-0.2, 0) is 20.9 Å². The van der Waals surface area contributed by atoms with Gasteiger partial charge in [-0.1, -0.05) is 44.2 Å². The van der Waals surface area contributed by atoms with E-state index in [4.69, 9.17) is 20.4 Å². The molecule has 0 saturated carbocycles. The van der Waals surface area contributed by atoms with E-state index in [0.29, 0.717) is 57.3 Å². The van der Waals surface area contributed by atoms with Gasteiger partial charge in [-0.25, -0.2) is 29.9 Å². The van der Waals surface area contributed by atoms with E-state index in [1.807, 2.05) is 13.8 Å². The van der Waals surface area contributed by atoms with Crippen molar-refractivity contribution in [2.24, 2.45) is 11.7 Å². The van der Waals surface area contributed by atoms with E-state index in [1.165, 1.54) is 54.2 Å². The predicted octanol–water partition coefficient (Wildman–Crippen LogP) is 5.29. The molecule has 4 atom stereocenters. The van der Waals surface area contributed by atoms with Crippen molar-refractivity contribution in [3.05, 3.63) is 112 Å². The number of hydrogen-bond acceptors (Lipinski definition) is 19. The minimum Gasteiger partial charge on any atom is -0.386 e. The van der Waals surface area contributed by atoms with Gasteiger partial charge < -0.3 is 42.2 Å². The number of nitrogens with zero attached hydrogens (tertiary/aromatic N) is 6. The van der Waals surface area contributed by atoms with Crippen molar-refractivity contribution in [2.45, 2.75) is 58.0 Å². The molecule has 70 heavy (non-hydrogen) atoms. The Kier molecular flexibility index (Phi) is 15.3. The summed E-state index contributed by atoms with van der Waals surface area (Å²) in [5.74, 6) is -3.89. The van der Waals surface area contributed by atoms with Gasteiger partial charge >= 0.3 is 0 Å². The number of carbonyl (C=O) groups is 6. The average Bonchev–Trinajstić information content (AvgIpc) is 4.22. The Morgan fingerprint density at radius 3 is 2.21 bits per heavy atom. The Bertz CT molecular complexity index is 3110. The average molecular weight is 1040 g/mol. The summed E-state index contributed by atoms with van der Waals surface area (Å²) in [6.45, 7) is 4.97. The van der Waals surface area contributed by atoms with Gasteiger partial charge in [0, 0.05) is 40.7 Å². The van der Waals surface area contributed by atoms with Crippen molar-refractivity contribution in [3.8, 4) is 32.7 Å². The van der Waals surface area contributed by atoms with Gasteiger partial charge in [-0.2, -0.15) is 0 Å². The highest BCUT2D eigenvalue weighted by atomic mass is 32.1. The van der Waals surface area contributed by atoms with E-state index in [1.54, 1.807) is 59.5 Å². The second-order valence-corrected chi connectivity index (χ2v) is 21.0. The molecule has 7 heterocycles. The van der Waals surface area contributed by atoms with E-state index in [2.05, 4.69) is 46.5 Å². The summed E-state index contributed by atoms with van der Waals surface area (Å²) in [4.78, 5) is 110. The maximum absolute atomic E-state index is 14.1. The molecule has 0 aliphatic carbocycles. The van der Waals surface area contributed by atoms with Gasteiger partial charge in [0.25, 0.3) is 23.6 Å². The molecule has 362 valence electrons. The molecular formula is C45H44N12O8S5. The Balaban J connectivity index is 1.21. The molecule has 1 aliphatic rings. The number of hydrogen-bond donors (Lipinski definition) is 7. The number of ether oxygens (including phenoxy) is 1. The van der Waals surface area contributed by atoms with Gasteiger partial charge in [0.15, 0.2) is 0 Å². The van der Waals surface area contributed by atoms with Gasteiger partial charge in [-0.15, -0.1) is 56.7 Å². The zero-order valence-electron chi connectivity index (χ0n) is 37.9. The molecule has 7 aromatic rings. The number of benzene rings is 1. The Labute approximate surface area is 419 Å². The Morgan fingerprint density at radius 2 is 1.49 bits per heavy atom. The largest absolute Gasteiger partial charge is 0.386 e. The summed E-state index contributed by atoms with van der Waals surface area (Å²) in [6.07, 6.45) is -1.47. The molecule has 0 saturated heterocycles. The number of fused-ring (bicyclic) bond motifs is 14. The van der Waals surface area contributed by atoms with Crippen molar-refractivity contribution in [2.75, 3.05) is 20.7 Å². The molecule has 6 aromatic heterocycles. The van der Waals surface area contributed by atoms with Gasteiger partial charge in [-0.05, 0) is 30.5 Å². The molecule has 0 spiro atoms. The van der Waals surface area contributed by atoms with E-state index in [9.17, 15) is 33.9 Å².